The Morgan fingerprint density at radius 2 is 1.72 bits per heavy atom. The van der Waals surface area contributed by atoms with Gasteiger partial charge in [0.1, 0.15) is 5.54 Å². The Morgan fingerprint density at radius 1 is 1.06 bits per heavy atom. The fourth-order valence-electron chi connectivity index (χ4n) is 5.75. The average molecular weight is 489 g/mol. The number of hydrogen-bond acceptors (Lipinski definition) is 4. The number of rotatable bonds is 5. The quantitative estimate of drug-likeness (QED) is 0.688. The van der Waals surface area contributed by atoms with Gasteiger partial charge in [0.2, 0.25) is 11.8 Å². The first-order valence-corrected chi connectivity index (χ1v) is 11.8. The molecule has 9 heteroatoms. The third kappa shape index (κ3) is 4.95. The lowest BCUT2D eigenvalue weighted by molar-refractivity contribution is -0.157. The second-order valence-electron chi connectivity index (χ2n) is 9.42. The number of aromatic nitrogens is 2. The lowest BCUT2D eigenvalue weighted by Gasteiger charge is -2.49. The fraction of sp³-hybridized carbons (Fsp3) is 0.783. The summed E-state index contributed by atoms with van der Waals surface area (Å²) in [4.78, 5) is 29.6. The van der Waals surface area contributed by atoms with E-state index in [0.717, 1.165) is 31.7 Å². The van der Waals surface area contributed by atoms with E-state index < -0.39 is 5.54 Å². The summed E-state index contributed by atoms with van der Waals surface area (Å²) in [6, 6.07) is 0.551. The van der Waals surface area contributed by atoms with Gasteiger partial charge in [-0.2, -0.15) is 5.10 Å². The third-order valence-corrected chi connectivity index (χ3v) is 7.55. The number of carbonyl (C=O) groups is 2. The van der Waals surface area contributed by atoms with Crippen LogP contribution in [0.1, 0.15) is 81.3 Å². The van der Waals surface area contributed by atoms with Crippen LogP contribution in [-0.2, 0) is 16.1 Å². The Bertz CT molecular complexity index is 799. The Kier molecular flexibility index (Phi) is 9.44. The van der Waals surface area contributed by atoms with Gasteiger partial charge in [0, 0.05) is 37.4 Å². The van der Waals surface area contributed by atoms with Crippen LogP contribution in [0.3, 0.4) is 0 Å². The number of likely N-dealkylation sites (tertiary alicyclic amines) is 1. The van der Waals surface area contributed by atoms with Crippen molar-refractivity contribution in [3.05, 3.63) is 17.0 Å². The van der Waals surface area contributed by atoms with Gasteiger partial charge < -0.3 is 10.2 Å². The topological polar surface area (TPSA) is 70.5 Å². The predicted octanol–water partition coefficient (Wildman–Crippen LogP) is 3.55. The number of piperazine rings is 1. The molecule has 0 atom stereocenters. The monoisotopic (exact) mass is 487 g/mol. The fourth-order valence-corrected chi connectivity index (χ4v) is 5.75. The Balaban J connectivity index is 0.00000181. The highest BCUT2D eigenvalue weighted by atomic mass is 35.5. The van der Waals surface area contributed by atoms with E-state index in [1.54, 1.807) is 0 Å². The first kappa shape index (κ1) is 26.9. The summed E-state index contributed by atoms with van der Waals surface area (Å²) in [6.07, 6.45) is 8.74. The molecule has 4 rings (SSSR count). The van der Waals surface area contributed by atoms with E-state index in [2.05, 4.69) is 35.7 Å². The van der Waals surface area contributed by atoms with Crippen LogP contribution in [0.25, 0.3) is 0 Å². The number of nitrogens with zero attached hydrogens (tertiary/aromatic N) is 4. The van der Waals surface area contributed by atoms with Gasteiger partial charge in [0.15, 0.2) is 0 Å². The molecule has 2 saturated heterocycles. The maximum Gasteiger partial charge on any atom is 0.246 e. The Hall–Kier alpha value is -1.31. The molecule has 2 amide bonds. The number of amides is 2. The van der Waals surface area contributed by atoms with Crippen molar-refractivity contribution >= 4 is 36.6 Å². The molecule has 182 valence electrons. The summed E-state index contributed by atoms with van der Waals surface area (Å²) in [5, 5.41) is 7.76. The van der Waals surface area contributed by atoms with Crippen molar-refractivity contribution < 1.29 is 9.59 Å². The minimum absolute atomic E-state index is 0. The summed E-state index contributed by atoms with van der Waals surface area (Å²) >= 11 is 0. The minimum Gasteiger partial charge on any atom is -0.345 e. The molecule has 0 bridgehead atoms. The van der Waals surface area contributed by atoms with E-state index in [9.17, 15) is 9.59 Å². The number of hydrogen-bond donors (Lipinski definition) is 1. The van der Waals surface area contributed by atoms with Gasteiger partial charge in [-0.25, -0.2) is 0 Å². The summed E-state index contributed by atoms with van der Waals surface area (Å²) in [6.45, 7) is 9.75. The zero-order chi connectivity index (χ0) is 21.3. The van der Waals surface area contributed by atoms with Crippen LogP contribution in [-0.4, -0.2) is 63.1 Å². The SMILES string of the molecule is CCCN1C(=O)CNC(=O)C12CCN(Cc1c(C)nn(C3CCCCC3)c1C)CC2.Cl.Cl. The van der Waals surface area contributed by atoms with E-state index in [-0.39, 0.29) is 43.2 Å². The highest BCUT2D eigenvalue weighted by Gasteiger charge is 2.50. The van der Waals surface area contributed by atoms with Crippen LogP contribution < -0.4 is 5.32 Å². The van der Waals surface area contributed by atoms with Crippen molar-refractivity contribution in [1.82, 2.24) is 24.9 Å². The smallest absolute Gasteiger partial charge is 0.246 e. The predicted molar refractivity (Wildman–Crippen MR) is 131 cm³/mol. The number of halogens is 2. The lowest BCUT2D eigenvalue weighted by Crippen LogP contribution is -2.70. The van der Waals surface area contributed by atoms with Gasteiger partial charge >= 0.3 is 0 Å². The summed E-state index contributed by atoms with van der Waals surface area (Å²) in [5.41, 5.74) is 3.12. The molecular formula is C23H39Cl2N5O2. The van der Waals surface area contributed by atoms with Crippen LogP contribution in [0.4, 0.5) is 0 Å². The molecule has 7 nitrogen and oxygen atoms in total. The van der Waals surface area contributed by atoms with Crippen LogP contribution in [0, 0.1) is 13.8 Å². The summed E-state index contributed by atoms with van der Waals surface area (Å²) in [7, 11) is 0. The molecule has 3 heterocycles. The zero-order valence-corrected chi connectivity index (χ0v) is 21.3. The molecule has 3 fully saturated rings. The van der Waals surface area contributed by atoms with Gasteiger partial charge in [-0.15, -0.1) is 24.8 Å². The van der Waals surface area contributed by atoms with E-state index >= 15 is 0 Å². The van der Waals surface area contributed by atoms with Crippen molar-refractivity contribution in [3.8, 4) is 0 Å². The van der Waals surface area contributed by atoms with E-state index in [0.29, 0.717) is 25.4 Å². The van der Waals surface area contributed by atoms with Crippen molar-refractivity contribution in [2.24, 2.45) is 0 Å². The molecule has 1 spiro atoms. The minimum atomic E-state index is -0.655. The second kappa shape index (κ2) is 11.2. The van der Waals surface area contributed by atoms with Crippen molar-refractivity contribution in [3.63, 3.8) is 0 Å². The molecule has 0 radical (unpaired) electrons. The Labute approximate surface area is 204 Å². The molecule has 0 unspecified atom stereocenters. The third-order valence-electron chi connectivity index (χ3n) is 7.55. The molecule has 3 aliphatic rings. The molecule has 1 aromatic heterocycles. The summed E-state index contributed by atoms with van der Waals surface area (Å²) in [5.74, 6) is 0.0954. The first-order valence-electron chi connectivity index (χ1n) is 11.8. The maximum absolute atomic E-state index is 12.8. The van der Waals surface area contributed by atoms with Crippen molar-refractivity contribution in [2.45, 2.75) is 90.3 Å². The molecule has 32 heavy (non-hydrogen) atoms. The maximum atomic E-state index is 12.8. The van der Waals surface area contributed by atoms with Crippen LogP contribution >= 0.6 is 24.8 Å². The number of aryl methyl sites for hydroxylation is 1. The van der Waals surface area contributed by atoms with Gasteiger partial charge in [0.05, 0.1) is 18.3 Å². The number of nitrogens with one attached hydrogen (secondary N) is 1. The molecular weight excluding hydrogens is 449 g/mol. The van der Waals surface area contributed by atoms with E-state index in [1.165, 1.54) is 43.4 Å². The van der Waals surface area contributed by atoms with Gasteiger partial charge in [-0.1, -0.05) is 26.2 Å². The van der Waals surface area contributed by atoms with Crippen LogP contribution in [0.2, 0.25) is 0 Å². The highest BCUT2D eigenvalue weighted by molar-refractivity contribution is 5.98. The molecule has 1 aromatic rings. The number of carbonyl (C=O) groups excluding carboxylic acids is 2. The second-order valence-corrected chi connectivity index (χ2v) is 9.42. The van der Waals surface area contributed by atoms with Crippen molar-refractivity contribution in [1.29, 1.82) is 0 Å². The first-order chi connectivity index (χ1) is 14.5. The van der Waals surface area contributed by atoms with E-state index in [4.69, 9.17) is 5.10 Å². The molecule has 0 aromatic carbocycles. The lowest BCUT2D eigenvalue weighted by atomic mass is 9.82. The Morgan fingerprint density at radius 3 is 2.34 bits per heavy atom. The molecule has 2 aliphatic heterocycles. The molecule has 1 N–H and O–H groups in total. The molecule has 1 saturated carbocycles. The molecule has 1 aliphatic carbocycles. The standard InChI is InChI=1S/C23H37N5O2.2ClH/c1-4-12-27-21(29)15-24-22(30)23(27)10-13-26(14-11-23)16-20-17(2)25-28(18(20)3)19-8-6-5-7-9-19;;/h19H,4-16H2,1-3H3,(H,24,30);2*1H. The van der Waals surface area contributed by atoms with Crippen molar-refractivity contribution in [2.75, 3.05) is 26.2 Å². The average Bonchev–Trinajstić information content (AvgIpc) is 3.04. The number of piperidine rings is 1. The largest absolute Gasteiger partial charge is 0.345 e. The normalized spacial score (nSPS) is 21.8. The van der Waals surface area contributed by atoms with Gasteiger partial charge in [0.25, 0.3) is 0 Å². The van der Waals surface area contributed by atoms with Crippen LogP contribution in [0.5, 0.6) is 0 Å². The van der Waals surface area contributed by atoms with Crippen LogP contribution in [0.15, 0.2) is 0 Å². The highest BCUT2D eigenvalue weighted by Crippen LogP contribution is 2.34. The van der Waals surface area contributed by atoms with Gasteiger partial charge in [-0.3, -0.25) is 19.2 Å². The summed E-state index contributed by atoms with van der Waals surface area (Å²) < 4.78 is 2.28. The van der Waals surface area contributed by atoms with E-state index in [1.807, 2.05) is 4.90 Å². The zero-order valence-electron chi connectivity index (χ0n) is 19.7. The van der Waals surface area contributed by atoms with Gasteiger partial charge in [-0.05, 0) is 46.0 Å².